The maximum absolute atomic E-state index is 11.3. The second-order valence-electron chi connectivity index (χ2n) is 11.4. The Labute approximate surface area is 194 Å². The van der Waals surface area contributed by atoms with Gasteiger partial charge in [0.1, 0.15) is 0 Å². The Bertz CT molecular complexity index is 875. The van der Waals surface area contributed by atoms with Gasteiger partial charge < -0.3 is 14.4 Å². The fourth-order valence-corrected chi connectivity index (χ4v) is 6.24. The summed E-state index contributed by atoms with van der Waals surface area (Å²) in [5.74, 6) is 1.40. The lowest BCUT2D eigenvalue weighted by molar-refractivity contribution is -0.177. The van der Waals surface area contributed by atoms with E-state index in [2.05, 4.69) is 62.4 Å². The smallest absolute Gasteiger partial charge is 0.0988 e. The minimum Gasteiger partial charge on any atom is -0.512 e. The van der Waals surface area contributed by atoms with E-state index in [0.717, 1.165) is 25.8 Å². The molecule has 1 aliphatic heterocycles. The molecular weight excluding hydrogens is 396 g/mol. The Morgan fingerprint density at radius 1 is 1.25 bits per heavy atom. The Hall–Kier alpha value is -1.81. The zero-order valence-electron chi connectivity index (χ0n) is 20.7. The van der Waals surface area contributed by atoms with Crippen LogP contribution in [0.15, 0.2) is 53.9 Å². The molecule has 0 saturated carbocycles. The van der Waals surface area contributed by atoms with Crippen molar-refractivity contribution in [2.24, 2.45) is 23.2 Å². The summed E-state index contributed by atoms with van der Waals surface area (Å²) in [5.41, 5.74) is 2.54. The van der Waals surface area contributed by atoms with Gasteiger partial charge in [0.05, 0.1) is 23.8 Å². The summed E-state index contributed by atoms with van der Waals surface area (Å²) in [6.45, 7) is 12.3. The standard InChI is InChI=1S/C28H42N2O2/c1-6-7-8-9-12-27(2,3)21-16-24(31)26-22-15-20(18-30-14-13-29-19-30)10-11-23(22)28(4,5)32-25(26)17-21/h10,13-14,16-17,19,22-23,25-26,31H,6-9,11-12,15,18H2,1-5H3/t22?,23-,25?,26+/m0/s1. The lowest BCUT2D eigenvalue weighted by atomic mass is 9.61. The van der Waals surface area contributed by atoms with E-state index in [9.17, 15) is 5.11 Å². The van der Waals surface area contributed by atoms with E-state index in [0.29, 0.717) is 17.6 Å². The van der Waals surface area contributed by atoms with Crippen molar-refractivity contribution < 1.29 is 9.84 Å². The molecule has 2 heterocycles. The average molecular weight is 439 g/mol. The minimum atomic E-state index is -0.201. The lowest BCUT2D eigenvalue weighted by Gasteiger charge is -2.53. The van der Waals surface area contributed by atoms with Crippen molar-refractivity contribution in [2.45, 2.75) is 97.8 Å². The molecule has 4 heteroatoms. The third-order valence-corrected chi connectivity index (χ3v) is 8.19. The highest BCUT2D eigenvalue weighted by Crippen LogP contribution is 2.53. The molecule has 0 amide bonds. The Kier molecular flexibility index (Phi) is 6.72. The van der Waals surface area contributed by atoms with Gasteiger partial charge in [0.25, 0.3) is 0 Å². The summed E-state index contributed by atoms with van der Waals surface area (Å²) < 4.78 is 8.85. The van der Waals surface area contributed by atoms with Crippen molar-refractivity contribution in [3.8, 4) is 0 Å². The first-order valence-corrected chi connectivity index (χ1v) is 12.7. The van der Waals surface area contributed by atoms with Crippen molar-refractivity contribution in [3.05, 3.63) is 53.9 Å². The summed E-state index contributed by atoms with van der Waals surface area (Å²) in [4.78, 5) is 4.19. The molecule has 32 heavy (non-hydrogen) atoms. The van der Waals surface area contributed by atoms with Crippen molar-refractivity contribution in [1.29, 1.82) is 0 Å². The van der Waals surface area contributed by atoms with Crippen LogP contribution in [0.2, 0.25) is 0 Å². The van der Waals surface area contributed by atoms with Gasteiger partial charge in [0.15, 0.2) is 0 Å². The normalized spacial score (nSPS) is 29.5. The first-order chi connectivity index (χ1) is 15.2. The molecular formula is C28H42N2O2. The molecule has 1 saturated heterocycles. The largest absolute Gasteiger partial charge is 0.512 e. The molecule has 1 N–H and O–H groups in total. The number of nitrogens with zero attached hydrogens (tertiary/aromatic N) is 2. The van der Waals surface area contributed by atoms with Crippen LogP contribution >= 0.6 is 0 Å². The number of aromatic nitrogens is 2. The molecule has 1 aromatic rings. The molecule has 4 rings (SSSR count). The van der Waals surface area contributed by atoms with Crippen molar-refractivity contribution >= 4 is 0 Å². The molecule has 2 unspecified atom stereocenters. The van der Waals surface area contributed by atoms with Crippen molar-refractivity contribution in [1.82, 2.24) is 9.55 Å². The fraction of sp³-hybridized carbons (Fsp3) is 0.679. The van der Waals surface area contributed by atoms with Gasteiger partial charge in [-0.1, -0.05) is 64.2 Å². The number of allylic oxidation sites excluding steroid dienone is 4. The number of hydrogen-bond acceptors (Lipinski definition) is 3. The molecule has 176 valence electrons. The van der Waals surface area contributed by atoms with Crippen molar-refractivity contribution in [2.75, 3.05) is 0 Å². The Morgan fingerprint density at radius 2 is 2.06 bits per heavy atom. The van der Waals surface area contributed by atoms with E-state index < -0.39 is 0 Å². The molecule has 4 atom stereocenters. The molecule has 0 radical (unpaired) electrons. The first kappa shape index (κ1) is 23.4. The SMILES string of the molecule is CCCCCCC(C)(C)C1=CC2OC(C)(C)[C@H]3CC=C(Cn4ccnc4)CC3[C@@H]2C(O)=C1. The van der Waals surface area contributed by atoms with Gasteiger partial charge in [-0.05, 0) is 62.0 Å². The van der Waals surface area contributed by atoms with Crippen LogP contribution in [0.3, 0.4) is 0 Å². The van der Waals surface area contributed by atoms with Crippen LogP contribution in [0, 0.1) is 23.2 Å². The van der Waals surface area contributed by atoms with Gasteiger partial charge in [0, 0.05) is 24.9 Å². The Balaban J connectivity index is 1.54. The molecule has 4 nitrogen and oxygen atoms in total. The second-order valence-corrected chi connectivity index (χ2v) is 11.4. The van der Waals surface area contributed by atoms with Gasteiger partial charge in [-0.15, -0.1) is 0 Å². The van der Waals surface area contributed by atoms with Gasteiger partial charge in [-0.25, -0.2) is 4.98 Å². The van der Waals surface area contributed by atoms with E-state index in [1.165, 1.54) is 36.8 Å². The van der Waals surface area contributed by atoms with Crippen LogP contribution in [0.4, 0.5) is 0 Å². The first-order valence-electron chi connectivity index (χ1n) is 12.7. The van der Waals surface area contributed by atoms with Gasteiger partial charge >= 0.3 is 0 Å². The number of ether oxygens (including phenoxy) is 1. The zero-order valence-corrected chi connectivity index (χ0v) is 20.7. The van der Waals surface area contributed by atoms with Crippen LogP contribution in [0.1, 0.15) is 79.6 Å². The average Bonchev–Trinajstić information content (AvgIpc) is 3.23. The predicted octanol–water partition coefficient (Wildman–Crippen LogP) is 7.01. The molecule has 0 spiro atoms. The number of unbranched alkanes of at least 4 members (excludes halogenated alkanes) is 3. The number of aliphatic hydroxyl groups is 1. The maximum Gasteiger partial charge on any atom is 0.0988 e. The van der Waals surface area contributed by atoms with Crippen LogP contribution in [0.25, 0.3) is 0 Å². The van der Waals surface area contributed by atoms with Gasteiger partial charge in [0.2, 0.25) is 0 Å². The number of rotatable bonds is 8. The third kappa shape index (κ3) is 4.76. The minimum absolute atomic E-state index is 0.0474. The third-order valence-electron chi connectivity index (χ3n) is 8.19. The highest BCUT2D eigenvalue weighted by Gasteiger charge is 2.52. The summed E-state index contributed by atoms with van der Waals surface area (Å²) >= 11 is 0. The number of hydrogen-bond donors (Lipinski definition) is 1. The fourth-order valence-electron chi connectivity index (χ4n) is 6.24. The van der Waals surface area contributed by atoms with E-state index in [-0.39, 0.29) is 23.0 Å². The summed E-state index contributed by atoms with van der Waals surface area (Å²) in [6, 6.07) is 0. The zero-order chi connectivity index (χ0) is 22.9. The molecule has 0 aromatic carbocycles. The number of aliphatic hydroxyl groups excluding tert-OH is 1. The summed E-state index contributed by atoms with van der Waals surface area (Å²) in [7, 11) is 0. The molecule has 1 aromatic heterocycles. The number of imidazole rings is 1. The van der Waals surface area contributed by atoms with E-state index >= 15 is 0 Å². The Morgan fingerprint density at radius 3 is 2.78 bits per heavy atom. The number of fused-ring (bicyclic) bond motifs is 3. The van der Waals surface area contributed by atoms with Crippen LogP contribution < -0.4 is 0 Å². The van der Waals surface area contributed by atoms with Crippen LogP contribution in [-0.2, 0) is 11.3 Å². The van der Waals surface area contributed by atoms with Crippen LogP contribution in [0.5, 0.6) is 0 Å². The molecule has 0 bridgehead atoms. The highest BCUT2D eigenvalue weighted by atomic mass is 16.5. The van der Waals surface area contributed by atoms with E-state index in [1.54, 1.807) is 0 Å². The monoisotopic (exact) mass is 438 g/mol. The molecule has 2 aliphatic carbocycles. The highest BCUT2D eigenvalue weighted by molar-refractivity contribution is 5.36. The molecule has 3 aliphatic rings. The van der Waals surface area contributed by atoms with E-state index in [4.69, 9.17) is 4.74 Å². The van der Waals surface area contributed by atoms with Crippen molar-refractivity contribution in [3.63, 3.8) is 0 Å². The molecule has 1 fully saturated rings. The topological polar surface area (TPSA) is 47.3 Å². The quantitative estimate of drug-likeness (QED) is 0.351. The van der Waals surface area contributed by atoms with E-state index in [1.807, 2.05) is 18.7 Å². The lowest BCUT2D eigenvalue weighted by Crippen LogP contribution is -2.54. The summed E-state index contributed by atoms with van der Waals surface area (Å²) in [6.07, 6.45) is 20.8. The summed E-state index contributed by atoms with van der Waals surface area (Å²) in [5, 5.41) is 11.3. The maximum atomic E-state index is 11.3. The predicted molar refractivity (Wildman–Crippen MR) is 130 cm³/mol. The van der Waals surface area contributed by atoms with Gasteiger partial charge in [-0.2, -0.15) is 0 Å². The second kappa shape index (κ2) is 9.21. The van der Waals surface area contributed by atoms with Gasteiger partial charge in [-0.3, -0.25) is 0 Å². The van der Waals surface area contributed by atoms with Crippen LogP contribution in [-0.4, -0.2) is 26.4 Å².